The lowest BCUT2D eigenvalue weighted by Gasteiger charge is -2.22. The number of hydrogen-bond acceptors (Lipinski definition) is 2. The van der Waals surface area contributed by atoms with Crippen LogP contribution in [0.25, 0.3) is 0 Å². The molecular weight excluding hydrogens is 204 g/mol. The molecule has 3 heteroatoms. The van der Waals surface area contributed by atoms with Gasteiger partial charge in [0, 0.05) is 5.41 Å². The zero-order chi connectivity index (χ0) is 11.9. The molecule has 0 aromatic carbocycles. The van der Waals surface area contributed by atoms with Crippen molar-refractivity contribution in [3.05, 3.63) is 0 Å². The lowest BCUT2D eigenvalue weighted by molar-refractivity contribution is 0.448. The minimum absolute atomic E-state index is 0.108. The van der Waals surface area contributed by atoms with Crippen LogP contribution in [-0.4, -0.2) is 17.3 Å². The number of unbranched alkanes of at least 4 members (excludes halogenated alkanes) is 1. The SMILES string of the molecule is CC(C)CSCCCCC(C)(C)C(=N)N. The number of amidine groups is 1. The highest BCUT2D eigenvalue weighted by Gasteiger charge is 2.20. The van der Waals surface area contributed by atoms with Crippen molar-refractivity contribution in [3.63, 3.8) is 0 Å². The maximum absolute atomic E-state index is 7.44. The van der Waals surface area contributed by atoms with Crippen LogP contribution >= 0.6 is 11.8 Å². The van der Waals surface area contributed by atoms with Gasteiger partial charge in [-0.2, -0.15) is 11.8 Å². The predicted molar refractivity (Wildman–Crippen MR) is 71.7 cm³/mol. The molecule has 0 aliphatic heterocycles. The Hall–Kier alpha value is -0.180. The van der Waals surface area contributed by atoms with E-state index < -0.39 is 0 Å². The fraction of sp³-hybridized carbons (Fsp3) is 0.917. The van der Waals surface area contributed by atoms with Gasteiger partial charge in [-0.3, -0.25) is 5.41 Å². The first-order chi connectivity index (χ1) is 6.86. The van der Waals surface area contributed by atoms with Crippen LogP contribution in [-0.2, 0) is 0 Å². The molecule has 0 saturated heterocycles. The minimum Gasteiger partial charge on any atom is -0.387 e. The van der Waals surface area contributed by atoms with E-state index in [1.54, 1.807) is 0 Å². The summed E-state index contributed by atoms with van der Waals surface area (Å²) in [5.74, 6) is 3.61. The van der Waals surface area contributed by atoms with E-state index in [-0.39, 0.29) is 5.41 Å². The van der Waals surface area contributed by atoms with E-state index >= 15 is 0 Å². The molecule has 0 bridgehead atoms. The number of rotatable bonds is 8. The highest BCUT2D eigenvalue weighted by Crippen LogP contribution is 2.23. The van der Waals surface area contributed by atoms with Crippen LogP contribution in [0.3, 0.4) is 0 Å². The van der Waals surface area contributed by atoms with Crippen molar-refractivity contribution >= 4 is 17.6 Å². The maximum Gasteiger partial charge on any atom is 0.0963 e. The third kappa shape index (κ3) is 7.71. The Morgan fingerprint density at radius 3 is 2.40 bits per heavy atom. The fourth-order valence-electron chi connectivity index (χ4n) is 1.22. The summed E-state index contributed by atoms with van der Waals surface area (Å²) in [7, 11) is 0. The Morgan fingerprint density at radius 2 is 1.93 bits per heavy atom. The molecule has 0 radical (unpaired) electrons. The first-order valence-electron chi connectivity index (χ1n) is 5.78. The van der Waals surface area contributed by atoms with Gasteiger partial charge in [-0.25, -0.2) is 0 Å². The lowest BCUT2D eigenvalue weighted by Crippen LogP contribution is -2.30. The van der Waals surface area contributed by atoms with Crippen molar-refractivity contribution in [1.82, 2.24) is 0 Å². The van der Waals surface area contributed by atoms with Gasteiger partial charge in [0.05, 0.1) is 5.84 Å². The summed E-state index contributed by atoms with van der Waals surface area (Å²) < 4.78 is 0. The molecule has 2 nitrogen and oxygen atoms in total. The standard InChI is InChI=1S/C12H26N2S/c1-10(2)9-15-8-6-5-7-12(3,4)11(13)14/h10H,5-9H2,1-4H3,(H3,13,14). The van der Waals surface area contributed by atoms with E-state index in [1.807, 2.05) is 11.8 Å². The number of hydrogen-bond donors (Lipinski definition) is 2. The summed E-state index contributed by atoms with van der Waals surface area (Å²) in [5.41, 5.74) is 5.42. The highest BCUT2D eigenvalue weighted by molar-refractivity contribution is 7.99. The zero-order valence-electron chi connectivity index (χ0n) is 10.6. The second-order valence-corrected chi connectivity index (χ2v) is 6.37. The number of nitrogens with one attached hydrogen (secondary N) is 1. The van der Waals surface area contributed by atoms with Crippen LogP contribution in [0.2, 0.25) is 0 Å². The molecule has 0 aliphatic carbocycles. The average molecular weight is 230 g/mol. The normalized spacial score (nSPS) is 12.1. The van der Waals surface area contributed by atoms with Crippen molar-refractivity contribution in [2.45, 2.75) is 47.0 Å². The molecule has 0 saturated carbocycles. The van der Waals surface area contributed by atoms with Crippen LogP contribution in [0.1, 0.15) is 47.0 Å². The fourth-order valence-corrected chi connectivity index (χ4v) is 2.27. The smallest absolute Gasteiger partial charge is 0.0963 e. The number of thioether (sulfide) groups is 1. The van der Waals surface area contributed by atoms with Crippen molar-refractivity contribution in [3.8, 4) is 0 Å². The monoisotopic (exact) mass is 230 g/mol. The molecule has 0 rings (SSSR count). The third-order valence-electron chi connectivity index (χ3n) is 2.52. The molecule has 3 N–H and O–H groups in total. The molecule has 0 spiro atoms. The van der Waals surface area contributed by atoms with Crippen LogP contribution in [0.15, 0.2) is 0 Å². The second kappa shape index (κ2) is 7.15. The molecule has 0 aromatic heterocycles. The van der Waals surface area contributed by atoms with E-state index in [0.717, 1.165) is 12.3 Å². The molecule has 0 fully saturated rings. The second-order valence-electron chi connectivity index (χ2n) is 5.22. The summed E-state index contributed by atoms with van der Waals surface area (Å²) in [4.78, 5) is 0. The molecular formula is C12H26N2S. The van der Waals surface area contributed by atoms with Gasteiger partial charge in [0.1, 0.15) is 0 Å². The zero-order valence-corrected chi connectivity index (χ0v) is 11.4. The quantitative estimate of drug-likeness (QED) is 0.381. The van der Waals surface area contributed by atoms with Gasteiger partial charge in [-0.05, 0) is 30.3 Å². The predicted octanol–water partition coefficient (Wildman–Crippen LogP) is 3.51. The molecule has 15 heavy (non-hydrogen) atoms. The molecule has 0 heterocycles. The summed E-state index contributed by atoms with van der Waals surface area (Å²) in [6, 6.07) is 0. The van der Waals surface area contributed by atoms with Crippen molar-refractivity contribution < 1.29 is 0 Å². The topological polar surface area (TPSA) is 49.9 Å². The highest BCUT2D eigenvalue weighted by atomic mass is 32.2. The third-order valence-corrected chi connectivity index (χ3v) is 4.00. The summed E-state index contributed by atoms with van der Waals surface area (Å²) in [6.07, 6.45) is 3.45. The van der Waals surface area contributed by atoms with Crippen molar-refractivity contribution in [2.24, 2.45) is 17.1 Å². The molecule has 0 aliphatic rings. The Labute approximate surface area is 98.9 Å². The maximum atomic E-state index is 7.44. The van der Waals surface area contributed by atoms with Crippen LogP contribution < -0.4 is 5.73 Å². The first-order valence-corrected chi connectivity index (χ1v) is 6.94. The molecule has 0 unspecified atom stereocenters. The van der Waals surface area contributed by atoms with E-state index in [4.69, 9.17) is 11.1 Å². The van der Waals surface area contributed by atoms with Gasteiger partial charge in [-0.15, -0.1) is 0 Å². The van der Waals surface area contributed by atoms with Crippen LogP contribution in [0.4, 0.5) is 0 Å². The molecule has 0 aromatic rings. The Morgan fingerprint density at radius 1 is 1.33 bits per heavy atom. The molecule has 0 atom stereocenters. The minimum atomic E-state index is -0.108. The summed E-state index contributed by atoms with van der Waals surface area (Å²) in [6.45, 7) is 8.62. The van der Waals surface area contributed by atoms with E-state index in [9.17, 15) is 0 Å². The van der Waals surface area contributed by atoms with Crippen LogP contribution in [0.5, 0.6) is 0 Å². The van der Waals surface area contributed by atoms with Crippen molar-refractivity contribution in [1.29, 1.82) is 5.41 Å². The summed E-state index contributed by atoms with van der Waals surface area (Å²) >= 11 is 2.04. The lowest BCUT2D eigenvalue weighted by atomic mass is 9.86. The van der Waals surface area contributed by atoms with Crippen molar-refractivity contribution in [2.75, 3.05) is 11.5 Å². The van der Waals surface area contributed by atoms with Gasteiger partial charge in [-0.1, -0.05) is 34.1 Å². The number of nitrogens with two attached hydrogens (primary N) is 1. The average Bonchev–Trinajstić information content (AvgIpc) is 2.10. The first kappa shape index (κ1) is 14.8. The van der Waals surface area contributed by atoms with E-state index in [1.165, 1.54) is 24.3 Å². The summed E-state index contributed by atoms with van der Waals surface area (Å²) in [5, 5.41) is 7.44. The van der Waals surface area contributed by atoms with Gasteiger partial charge < -0.3 is 5.73 Å². The Bertz CT molecular complexity index is 188. The van der Waals surface area contributed by atoms with Gasteiger partial charge in [0.25, 0.3) is 0 Å². The van der Waals surface area contributed by atoms with Gasteiger partial charge in [0.2, 0.25) is 0 Å². The largest absolute Gasteiger partial charge is 0.387 e. The van der Waals surface area contributed by atoms with Gasteiger partial charge >= 0.3 is 0 Å². The van der Waals surface area contributed by atoms with E-state index in [2.05, 4.69) is 27.7 Å². The van der Waals surface area contributed by atoms with Gasteiger partial charge in [0.15, 0.2) is 0 Å². The van der Waals surface area contributed by atoms with E-state index in [0.29, 0.717) is 5.84 Å². The Kier molecular flexibility index (Phi) is 7.07. The van der Waals surface area contributed by atoms with Crippen LogP contribution in [0, 0.1) is 16.7 Å². The Balaban J connectivity index is 3.43. The molecule has 90 valence electrons. The molecule has 0 amide bonds.